The van der Waals surface area contributed by atoms with Crippen LogP contribution in [0.4, 0.5) is 0 Å². The summed E-state index contributed by atoms with van der Waals surface area (Å²) in [7, 11) is 0. The van der Waals surface area contributed by atoms with Gasteiger partial charge in [0.2, 0.25) is 0 Å². The number of hydrogen-bond donors (Lipinski definition) is 1. The molecule has 21 heavy (non-hydrogen) atoms. The Bertz CT molecular complexity index is 607. The van der Waals surface area contributed by atoms with Crippen molar-refractivity contribution >= 4 is 0 Å². The minimum absolute atomic E-state index is 0.0925. The first-order valence-corrected chi connectivity index (χ1v) is 7.52. The number of hydrogen-bond acceptors (Lipinski definition) is 4. The summed E-state index contributed by atoms with van der Waals surface area (Å²) in [6.07, 6.45) is 5.77. The molecule has 0 bridgehead atoms. The van der Waals surface area contributed by atoms with Gasteiger partial charge in [-0.05, 0) is 36.7 Å². The van der Waals surface area contributed by atoms with Crippen molar-refractivity contribution in [2.45, 2.75) is 39.5 Å². The van der Waals surface area contributed by atoms with E-state index in [1.165, 1.54) is 0 Å². The minimum Gasteiger partial charge on any atom is -0.399 e. The summed E-state index contributed by atoms with van der Waals surface area (Å²) in [6, 6.07) is 6.39. The second-order valence-electron chi connectivity index (χ2n) is 5.96. The summed E-state index contributed by atoms with van der Waals surface area (Å²) in [4.78, 5) is 0. The molecule has 2 aliphatic rings. The van der Waals surface area contributed by atoms with E-state index in [0.717, 1.165) is 24.8 Å². The first-order chi connectivity index (χ1) is 10.1. The van der Waals surface area contributed by atoms with Crippen molar-refractivity contribution in [3.8, 4) is 18.2 Å². The van der Waals surface area contributed by atoms with Crippen molar-refractivity contribution in [1.82, 2.24) is 0 Å². The van der Waals surface area contributed by atoms with Crippen molar-refractivity contribution in [2.75, 3.05) is 0 Å². The Morgan fingerprint density at radius 2 is 1.90 bits per heavy atom. The van der Waals surface area contributed by atoms with Crippen LogP contribution in [-0.2, 0) is 0 Å². The van der Waals surface area contributed by atoms with Crippen molar-refractivity contribution in [1.29, 1.82) is 15.8 Å². The van der Waals surface area contributed by atoms with Crippen molar-refractivity contribution < 1.29 is 0 Å². The Labute approximate surface area is 126 Å². The van der Waals surface area contributed by atoms with E-state index in [1.807, 2.05) is 6.92 Å². The highest BCUT2D eigenvalue weighted by Crippen LogP contribution is 2.53. The van der Waals surface area contributed by atoms with E-state index in [-0.39, 0.29) is 17.5 Å². The van der Waals surface area contributed by atoms with Crippen LogP contribution in [0.15, 0.2) is 22.9 Å². The van der Waals surface area contributed by atoms with Crippen LogP contribution in [0, 0.1) is 57.2 Å². The molecule has 2 N–H and O–H groups in total. The number of nitrogens with zero attached hydrogens (tertiary/aromatic N) is 3. The molecule has 108 valence electrons. The third-order valence-corrected chi connectivity index (χ3v) is 5.16. The van der Waals surface area contributed by atoms with Crippen LogP contribution in [0.25, 0.3) is 0 Å². The Balaban J connectivity index is 2.68. The van der Waals surface area contributed by atoms with E-state index in [2.05, 4.69) is 31.2 Å². The molecule has 4 heteroatoms. The molecule has 0 saturated heterocycles. The summed E-state index contributed by atoms with van der Waals surface area (Å²) >= 11 is 0. The number of rotatable bonds is 2. The number of nitriles is 3. The van der Waals surface area contributed by atoms with Gasteiger partial charge in [0.25, 0.3) is 0 Å². The molecular weight excluding hydrogens is 260 g/mol. The van der Waals surface area contributed by atoms with Gasteiger partial charge < -0.3 is 5.73 Å². The monoisotopic (exact) mass is 280 g/mol. The summed E-state index contributed by atoms with van der Waals surface area (Å²) in [6.45, 7) is 4.15. The van der Waals surface area contributed by atoms with Crippen LogP contribution in [0.2, 0.25) is 0 Å². The fourth-order valence-corrected chi connectivity index (χ4v) is 3.91. The number of nitrogens with two attached hydrogens (primary N) is 1. The molecule has 4 nitrogen and oxygen atoms in total. The number of fused-ring (bicyclic) bond motifs is 1. The molecule has 0 unspecified atom stereocenters. The zero-order valence-corrected chi connectivity index (χ0v) is 12.6. The molecule has 2 rings (SSSR count). The van der Waals surface area contributed by atoms with Crippen LogP contribution in [0.5, 0.6) is 0 Å². The van der Waals surface area contributed by atoms with E-state index in [0.29, 0.717) is 17.9 Å². The maximum absolute atomic E-state index is 9.62. The van der Waals surface area contributed by atoms with Gasteiger partial charge in [-0.2, -0.15) is 15.8 Å². The first-order valence-electron chi connectivity index (χ1n) is 7.52. The molecule has 0 amide bonds. The second kappa shape index (κ2) is 5.63. The van der Waals surface area contributed by atoms with E-state index < -0.39 is 5.41 Å². The SMILES string of the molecule is CC[C@@H]1CC=C2C(C#N)=C(N)C(C#N)(C#N)[C@H](CC)[C@H]2C1. The average Bonchev–Trinajstić information content (AvgIpc) is 2.53. The second-order valence-corrected chi connectivity index (χ2v) is 5.96. The normalized spacial score (nSPS) is 30.4. The lowest BCUT2D eigenvalue weighted by Crippen LogP contribution is -2.44. The summed E-state index contributed by atoms with van der Waals surface area (Å²) in [5.41, 5.74) is 6.22. The lowest BCUT2D eigenvalue weighted by Gasteiger charge is -2.44. The zero-order chi connectivity index (χ0) is 15.6. The fraction of sp³-hybridized carbons (Fsp3) is 0.588. The molecule has 0 radical (unpaired) electrons. The lowest BCUT2D eigenvalue weighted by atomic mass is 9.56. The molecule has 2 aliphatic carbocycles. The molecule has 0 aromatic heterocycles. The smallest absolute Gasteiger partial charge is 0.187 e. The van der Waals surface area contributed by atoms with E-state index in [9.17, 15) is 15.8 Å². The molecular formula is C17H20N4. The Kier molecular flexibility index (Phi) is 4.06. The van der Waals surface area contributed by atoms with E-state index in [1.54, 1.807) is 0 Å². The molecule has 0 saturated carbocycles. The fourth-order valence-electron chi connectivity index (χ4n) is 3.91. The van der Waals surface area contributed by atoms with Gasteiger partial charge in [-0.1, -0.05) is 26.3 Å². The molecule has 0 aromatic carbocycles. The number of allylic oxidation sites excluding steroid dienone is 4. The summed E-state index contributed by atoms with van der Waals surface area (Å²) in [5, 5.41) is 28.7. The largest absolute Gasteiger partial charge is 0.399 e. The predicted octanol–water partition coefficient (Wildman–Crippen LogP) is 3.16. The van der Waals surface area contributed by atoms with Gasteiger partial charge in [-0.25, -0.2) is 0 Å². The molecule has 0 heterocycles. The average molecular weight is 280 g/mol. The highest BCUT2D eigenvalue weighted by Gasteiger charge is 2.52. The standard InChI is InChI=1S/C17H20N4/c1-3-11-5-6-12-13(7-11)15(4-2)17(9-19,10-20)16(21)14(12)8-18/h6,11,13,15H,3-5,7,21H2,1-2H3/t11-,13+,15-/m1/s1. The predicted molar refractivity (Wildman–Crippen MR) is 78.9 cm³/mol. The van der Waals surface area contributed by atoms with Crippen LogP contribution in [0.3, 0.4) is 0 Å². The molecule has 3 atom stereocenters. The third-order valence-electron chi connectivity index (χ3n) is 5.16. The summed E-state index contributed by atoms with van der Waals surface area (Å²) < 4.78 is 0. The van der Waals surface area contributed by atoms with Crippen LogP contribution >= 0.6 is 0 Å². The molecule has 0 spiro atoms. The van der Waals surface area contributed by atoms with E-state index in [4.69, 9.17) is 5.73 Å². The lowest BCUT2D eigenvalue weighted by molar-refractivity contribution is 0.200. The Morgan fingerprint density at radius 3 is 2.38 bits per heavy atom. The highest BCUT2D eigenvalue weighted by atomic mass is 14.7. The minimum atomic E-state index is -1.36. The molecule has 0 aliphatic heterocycles. The topological polar surface area (TPSA) is 97.4 Å². The van der Waals surface area contributed by atoms with Crippen molar-refractivity contribution in [2.24, 2.45) is 28.9 Å². The first kappa shape index (κ1) is 15.1. The van der Waals surface area contributed by atoms with E-state index >= 15 is 0 Å². The molecule has 0 fully saturated rings. The maximum atomic E-state index is 9.62. The maximum Gasteiger partial charge on any atom is 0.187 e. The summed E-state index contributed by atoms with van der Waals surface area (Å²) in [5.74, 6) is 0.516. The van der Waals surface area contributed by atoms with Gasteiger partial charge in [0.05, 0.1) is 23.4 Å². The third kappa shape index (κ3) is 2.01. The Morgan fingerprint density at radius 1 is 1.24 bits per heavy atom. The Hall–Kier alpha value is -2.25. The van der Waals surface area contributed by atoms with Crippen LogP contribution in [0.1, 0.15) is 39.5 Å². The van der Waals surface area contributed by atoms with Crippen molar-refractivity contribution in [3.63, 3.8) is 0 Å². The molecule has 0 aromatic rings. The van der Waals surface area contributed by atoms with Crippen molar-refractivity contribution in [3.05, 3.63) is 22.9 Å². The van der Waals surface area contributed by atoms with Gasteiger partial charge in [0, 0.05) is 5.92 Å². The van der Waals surface area contributed by atoms with Gasteiger partial charge in [-0.15, -0.1) is 0 Å². The van der Waals surface area contributed by atoms with Gasteiger partial charge in [0.1, 0.15) is 6.07 Å². The van der Waals surface area contributed by atoms with Crippen LogP contribution < -0.4 is 5.73 Å². The van der Waals surface area contributed by atoms with Gasteiger partial charge in [0.15, 0.2) is 5.41 Å². The highest BCUT2D eigenvalue weighted by molar-refractivity contribution is 5.56. The van der Waals surface area contributed by atoms with Gasteiger partial charge in [-0.3, -0.25) is 0 Å². The van der Waals surface area contributed by atoms with Crippen LogP contribution in [-0.4, -0.2) is 0 Å². The zero-order valence-electron chi connectivity index (χ0n) is 12.6. The van der Waals surface area contributed by atoms with Gasteiger partial charge >= 0.3 is 0 Å². The quantitative estimate of drug-likeness (QED) is 0.840.